The Labute approximate surface area is 155 Å². The van der Waals surface area contributed by atoms with Gasteiger partial charge in [-0.15, -0.1) is 11.3 Å². The molecule has 1 N–H and O–H groups in total. The summed E-state index contributed by atoms with van der Waals surface area (Å²) in [5, 5.41) is 19.4. The number of nitriles is 1. The van der Waals surface area contributed by atoms with Gasteiger partial charge in [0.2, 0.25) is 0 Å². The Morgan fingerprint density at radius 2 is 2.33 bits per heavy atom. The number of benzene rings is 1. The van der Waals surface area contributed by atoms with E-state index >= 15 is 0 Å². The minimum atomic E-state index is -0.581. The largest absolute Gasteiger partial charge is 0.478 e. The summed E-state index contributed by atoms with van der Waals surface area (Å²) in [5.74, 6) is -0.110. The van der Waals surface area contributed by atoms with E-state index in [2.05, 4.69) is 20.9 Å². The normalized spacial score (nSPS) is 18.8. The molecule has 0 amide bonds. The van der Waals surface area contributed by atoms with Gasteiger partial charge in [0.15, 0.2) is 12.4 Å². The molecule has 1 aliphatic heterocycles. The zero-order chi connectivity index (χ0) is 17.1. The first kappa shape index (κ1) is 16.9. The van der Waals surface area contributed by atoms with Crippen LogP contribution in [0.15, 0.2) is 39.2 Å². The molecule has 0 bridgehead atoms. The number of thiazole rings is 1. The molecule has 0 saturated carbocycles. The van der Waals surface area contributed by atoms with Crippen LogP contribution in [-0.2, 0) is 4.79 Å². The van der Waals surface area contributed by atoms with E-state index in [1.807, 2.05) is 12.1 Å². The minimum Gasteiger partial charge on any atom is -0.478 e. The van der Waals surface area contributed by atoms with Crippen LogP contribution in [0.4, 0.5) is 0 Å². The number of allylic oxidation sites excluding steroid dienone is 1. The first-order valence-corrected chi connectivity index (χ1v) is 9.30. The lowest BCUT2D eigenvalue weighted by molar-refractivity contribution is -0.114. The molecule has 0 radical (unpaired) electrons. The first-order chi connectivity index (χ1) is 11.6. The van der Waals surface area contributed by atoms with Gasteiger partial charge in [0.25, 0.3) is 0 Å². The third-order valence-corrected chi connectivity index (χ3v) is 5.69. The van der Waals surface area contributed by atoms with Gasteiger partial charge in [-0.2, -0.15) is 5.26 Å². The third-order valence-electron chi connectivity index (χ3n) is 3.23. The van der Waals surface area contributed by atoms with E-state index in [9.17, 15) is 4.79 Å². The predicted octanol–water partition coefficient (Wildman–Crippen LogP) is 4.23. The molecule has 3 rings (SSSR count). The highest BCUT2D eigenvalue weighted by atomic mass is 79.9. The number of rotatable bonds is 4. The molecular weight excluding hydrogens is 410 g/mol. The van der Waals surface area contributed by atoms with E-state index in [4.69, 9.17) is 15.4 Å². The van der Waals surface area contributed by atoms with E-state index in [0.29, 0.717) is 25.2 Å². The van der Waals surface area contributed by atoms with Gasteiger partial charge >= 0.3 is 0 Å². The van der Waals surface area contributed by atoms with Gasteiger partial charge in [0.1, 0.15) is 22.7 Å². The average molecular weight is 420 g/mol. The van der Waals surface area contributed by atoms with E-state index in [1.54, 1.807) is 29.8 Å². The SMILES string of the molecule is N#CCOc1ccc(/C=C2\SC(=N)[C@@H](c3nccs3)C2=O)cc1Br. The number of nitrogens with one attached hydrogen (secondary N) is 1. The summed E-state index contributed by atoms with van der Waals surface area (Å²) in [7, 11) is 0. The summed E-state index contributed by atoms with van der Waals surface area (Å²) in [6, 6.07) is 7.27. The van der Waals surface area contributed by atoms with Gasteiger partial charge in [0, 0.05) is 11.6 Å². The van der Waals surface area contributed by atoms with Crippen LogP contribution in [0.3, 0.4) is 0 Å². The van der Waals surface area contributed by atoms with Crippen LogP contribution in [0, 0.1) is 16.7 Å². The molecule has 1 atom stereocenters. The number of Topliss-reactive ketones (excluding diaryl/α,β-unsaturated/α-hetero) is 1. The summed E-state index contributed by atoms with van der Waals surface area (Å²) in [6.45, 7) is -0.0277. The molecule has 1 aromatic carbocycles. The number of aromatic nitrogens is 1. The maximum Gasteiger partial charge on any atom is 0.186 e. The molecule has 0 aliphatic carbocycles. The summed E-state index contributed by atoms with van der Waals surface area (Å²) >= 11 is 5.95. The van der Waals surface area contributed by atoms with Crippen molar-refractivity contribution in [2.75, 3.05) is 6.61 Å². The smallest absolute Gasteiger partial charge is 0.186 e. The number of carbonyl (C=O) groups is 1. The number of hydrogen-bond acceptors (Lipinski definition) is 7. The van der Waals surface area contributed by atoms with Crippen molar-refractivity contribution < 1.29 is 9.53 Å². The Bertz CT molecular complexity index is 872. The number of halogens is 1. The summed E-state index contributed by atoms with van der Waals surface area (Å²) < 4.78 is 5.98. The van der Waals surface area contributed by atoms with Crippen LogP contribution in [0.2, 0.25) is 0 Å². The average Bonchev–Trinajstić information content (AvgIpc) is 3.15. The molecule has 0 spiro atoms. The number of thioether (sulfide) groups is 1. The highest BCUT2D eigenvalue weighted by Gasteiger charge is 2.38. The molecule has 8 heteroatoms. The summed E-state index contributed by atoms with van der Waals surface area (Å²) in [5.41, 5.74) is 0.814. The number of carbonyl (C=O) groups excluding carboxylic acids is 1. The van der Waals surface area contributed by atoms with Crippen LogP contribution in [0.25, 0.3) is 6.08 Å². The zero-order valence-corrected chi connectivity index (χ0v) is 15.4. The van der Waals surface area contributed by atoms with Crippen molar-refractivity contribution in [1.29, 1.82) is 10.7 Å². The molecule has 0 unspecified atom stereocenters. The summed E-state index contributed by atoms with van der Waals surface area (Å²) in [6.07, 6.45) is 3.40. The van der Waals surface area contributed by atoms with E-state index < -0.39 is 5.92 Å². The van der Waals surface area contributed by atoms with Gasteiger partial charge in [-0.3, -0.25) is 10.2 Å². The van der Waals surface area contributed by atoms with Crippen molar-refractivity contribution >= 4 is 55.9 Å². The monoisotopic (exact) mass is 419 g/mol. The molecule has 24 heavy (non-hydrogen) atoms. The number of ketones is 1. The Hall–Kier alpha value is -1.95. The van der Waals surface area contributed by atoms with Gasteiger partial charge in [-0.1, -0.05) is 17.8 Å². The lowest BCUT2D eigenvalue weighted by Crippen LogP contribution is -2.11. The van der Waals surface area contributed by atoms with E-state index in [-0.39, 0.29) is 12.4 Å². The van der Waals surface area contributed by atoms with Crippen LogP contribution in [0.5, 0.6) is 5.75 Å². The lowest BCUT2D eigenvalue weighted by atomic mass is 10.1. The zero-order valence-electron chi connectivity index (χ0n) is 12.2. The minimum absolute atomic E-state index is 0.0277. The fraction of sp³-hybridized carbons (Fsp3) is 0.125. The molecule has 2 heterocycles. The van der Waals surface area contributed by atoms with Crippen LogP contribution >= 0.6 is 39.0 Å². The van der Waals surface area contributed by atoms with Crippen molar-refractivity contribution in [2.45, 2.75) is 5.92 Å². The molecule has 2 aromatic rings. The highest BCUT2D eigenvalue weighted by Crippen LogP contribution is 2.41. The number of hydrogen-bond donors (Lipinski definition) is 1. The lowest BCUT2D eigenvalue weighted by Gasteiger charge is -2.05. The maximum absolute atomic E-state index is 12.6. The van der Waals surface area contributed by atoms with Gasteiger partial charge in [-0.25, -0.2) is 4.98 Å². The molecule has 1 fully saturated rings. The number of nitrogens with zero attached hydrogens (tertiary/aromatic N) is 2. The standard InChI is InChI=1S/C16H10BrN3O2S2/c17-10-7-9(1-2-11(10)22-5-3-18)8-12-14(21)13(15(19)24-12)16-20-4-6-23-16/h1-2,4,6-8,13,19H,5H2/b12-8-,19-15?/t13-/m0/s1. The van der Waals surface area contributed by atoms with Crippen molar-refractivity contribution in [3.8, 4) is 11.8 Å². The summed E-state index contributed by atoms with van der Waals surface area (Å²) in [4.78, 5) is 17.3. The van der Waals surface area contributed by atoms with Gasteiger partial charge in [0.05, 0.1) is 14.4 Å². The van der Waals surface area contributed by atoms with Crippen molar-refractivity contribution in [1.82, 2.24) is 4.98 Å². The number of ether oxygens (including phenoxy) is 1. The van der Waals surface area contributed by atoms with Crippen molar-refractivity contribution in [2.24, 2.45) is 0 Å². The Morgan fingerprint density at radius 1 is 1.50 bits per heavy atom. The quantitative estimate of drug-likeness (QED) is 0.749. The Kier molecular flexibility index (Phi) is 5.14. The predicted molar refractivity (Wildman–Crippen MR) is 98.4 cm³/mol. The topological polar surface area (TPSA) is 86.8 Å². The second-order valence-electron chi connectivity index (χ2n) is 4.78. The van der Waals surface area contributed by atoms with Crippen LogP contribution in [-0.4, -0.2) is 22.4 Å². The van der Waals surface area contributed by atoms with E-state index in [0.717, 1.165) is 5.56 Å². The molecule has 120 valence electrons. The van der Waals surface area contributed by atoms with E-state index in [1.165, 1.54) is 23.1 Å². The van der Waals surface area contributed by atoms with Gasteiger partial charge < -0.3 is 4.74 Å². The molecule has 1 aliphatic rings. The van der Waals surface area contributed by atoms with Crippen molar-refractivity contribution in [3.05, 3.63) is 49.7 Å². The molecule has 1 saturated heterocycles. The second-order valence-corrected chi connectivity index (χ2v) is 7.64. The fourth-order valence-electron chi connectivity index (χ4n) is 2.18. The fourth-order valence-corrected chi connectivity index (χ4v) is 4.49. The van der Waals surface area contributed by atoms with Crippen LogP contribution in [0.1, 0.15) is 16.5 Å². The van der Waals surface area contributed by atoms with Crippen LogP contribution < -0.4 is 4.74 Å². The Balaban J connectivity index is 1.84. The highest BCUT2D eigenvalue weighted by molar-refractivity contribution is 9.10. The molecule has 1 aromatic heterocycles. The third kappa shape index (κ3) is 3.43. The molecule has 5 nitrogen and oxygen atoms in total. The second kappa shape index (κ2) is 7.30. The molecular formula is C16H10BrN3O2S2. The first-order valence-electron chi connectivity index (χ1n) is 6.81. The van der Waals surface area contributed by atoms with Crippen molar-refractivity contribution in [3.63, 3.8) is 0 Å². The maximum atomic E-state index is 12.6. The van der Waals surface area contributed by atoms with Gasteiger partial charge in [-0.05, 0) is 39.7 Å². The Morgan fingerprint density at radius 3 is 3.00 bits per heavy atom.